The molecule has 154 valence electrons. The Morgan fingerprint density at radius 3 is 1.89 bits per heavy atom. The van der Waals surface area contributed by atoms with Crippen LogP contribution >= 0.6 is 7.60 Å². The van der Waals surface area contributed by atoms with E-state index in [9.17, 15) is 4.57 Å². The van der Waals surface area contributed by atoms with Gasteiger partial charge in [0.1, 0.15) is 0 Å². The van der Waals surface area contributed by atoms with Gasteiger partial charge in [0.25, 0.3) is 0 Å². The molecule has 2 aromatic rings. The molecule has 8 nitrogen and oxygen atoms in total. The molecular weight excluding hydrogens is 383 g/mol. The Labute approximate surface area is 165 Å². The van der Waals surface area contributed by atoms with E-state index in [1.807, 2.05) is 24.3 Å². The third kappa shape index (κ3) is 7.39. The number of aromatic nitrogens is 2. The molecule has 0 N–H and O–H groups in total. The molecule has 9 heteroatoms. The van der Waals surface area contributed by atoms with Crippen molar-refractivity contribution in [2.24, 2.45) is 0 Å². The van der Waals surface area contributed by atoms with Crippen LogP contribution in [-0.4, -0.2) is 57.7 Å². The van der Waals surface area contributed by atoms with E-state index in [1.54, 1.807) is 19.5 Å². The lowest BCUT2D eigenvalue weighted by Crippen LogP contribution is -2.08. The van der Waals surface area contributed by atoms with E-state index in [2.05, 4.69) is 9.97 Å². The van der Waals surface area contributed by atoms with E-state index < -0.39 is 7.60 Å². The molecule has 0 aliphatic carbocycles. The quantitative estimate of drug-likeness (QED) is 0.367. The van der Waals surface area contributed by atoms with Gasteiger partial charge in [-0.1, -0.05) is 12.1 Å². The Morgan fingerprint density at radius 2 is 1.36 bits per heavy atom. The second-order valence-electron chi connectivity index (χ2n) is 5.90. The second-order valence-corrected chi connectivity index (χ2v) is 8.16. The first kappa shape index (κ1) is 22.6. The van der Waals surface area contributed by atoms with Crippen molar-refractivity contribution in [3.05, 3.63) is 47.8 Å². The normalized spacial score (nSPS) is 11.7. The summed E-state index contributed by atoms with van der Waals surface area (Å²) in [5.41, 5.74) is 3.22. The Kier molecular flexibility index (Phi) is 9.70. The van der Waals surface area contributed by atoms with Crippen LogP contribution in [0.5, 0.6) is 0 Å². The summed E-state index contributed by atoms with van der Waals surface area (Å²) in [5.74, 6) is 0. The van der Waals surface area contributed by atoms with E-state index in [0.717, 1.165) is 22.5 Å². The van der Waals surface area contributed by atoms with Crippen molar-refractivity contribution in [1.29, 1.82) is 0 Å². The second kappa shape index (κ2) is 12.0. The molecule has 0 aliphatic heterocycles. The van der Waals surface area contributed by atoms with Gasteiger partial charge in [0.05, 0.1) is 50.6 Å². The molecule has 0 saturated carbocycles. The Hall–Kier alpha value is -1.67. The highest BCUT2D eigenvalue weighted by molar-refractivity contribution is 7.52. The summed E-state index contributed by atoms with van der Waals surface area (Å²) < 4.78 is 37.9. The first-order chi connectivity index (χ1) is 13.6. The molecule has 0 bridgehead atoms. The van der Waals surface area contributed by atoms with Gasteiger partial charge in [0.2, 0.25) is 0 Å². The van der Waals surface area contributed by atoms with E-state index in [4.69, 9.17) is 23.3 Å². The highest BCUT2D eigenvalue weighted by Gasteiger charge is 2.21. The molecule has 28 heavy (non-hydrogen) atoms. The molecule has 0 saturated heterocycles. The van der Waals surface area contributed by atoms with Gasteiger partial charge in [-0.25, -0.2) is 0 Å². The monoisotopic (exact) mass is 410 g/mol. The molecule has 2 rings (SSSR count). The van der Waals surface area contributed by atoms with Crippen LogP contribution in [0.15, 0.2) is 36.7 Å². The Morgan fingerprint density at radius 1 is 0.786 bits per heavy atom. The van der Waals surface area contributed by atoms with E-state index in [0.29, 0.717) is 33.0 Å². The highest BCUT2D eigenvalue weighted by atomic mass is 31.2. The van der Waals surface area contributed by atoms with Crippen molar-refractivity contribution >= 4 is 7.60 Å². The van der Waals surface area contributed by atoms with Gasteiger partial charge in [-0.2, -0.15) is 0 Å². The van der Waals surface area contributed by atoms with Crippen molar-refractivity contribution in [2.75, 3.05) is 47.8 Å². The third-order valence-electron chi connectivity index (χ3n) is 3.92. The fraction of sp³-hybridized carbons (Fsp3) is 0.474. The van der Waals surface area contributed by atoms with Crippen LogP contribution in [0, 0.1) is 0 Å². The Balaban J connectivity index is 1.83. The standard InChI is InChI=1S/C19H27N2O6P/c1-23-8-9-26-10-11-27-14-16-4-6-18(20-12-16)19-7-5-17(13-21-19)15-28(22,24-2)25-3/h4-7,12-13H,8-11,14-15H2,1-3H3. The molecule has 0 radical (unpaired) electrons. The lowest BCUT2D eigenvalue weighted by atomic mass is 10.2. The number of hydrogen-bond acceptors (Lipinski definition) is 8. The van der Waals surface area contributed by atoms with Crippen LogP contribution in [-0.2, 0) is 40.6 Å². The molecule has 0 unspecified atom stereocenters. The largest absolute Gasteiger partial charge is 0.382 e. The predicted octanol–water partition coefficient (Wildman–Crippen LogP) is 3.31. The maximum Gasteiger partial charge on any atom is 0.334 e. The van der Waals surface area contributed by atoms with Gasteiger partial charge in [-0.15, -0.1) is 0 Å². The van der Waals surface area contributed by atoms with Crippen molar-refractivity contribution < 1.29 is 27.8 Å². The lowest BCUT2D eigenvalue weighted by molar-refractivity contribution is 0.0199. The van der Waals surface area contributed by atoms with Crippen LogP contribution < -0.4 is 0 Å². The summed E-state index contributed by atoms with van der Waals surface area (Å²) in [6.45, 7) is 2.66. The van der Waals surface area contributed by atoms with E-state index in [-0.39, 0.29) is 6.16 Å². The van der Waals surface area contributed by atoms with Gasteiger partial charge in [0, 0.05) is 33.7 Å². The van der Waals surface area contributed by atoms with Crippen molar-refractivity contribution in [1.82, 2.24) is 9.97 Å². The molecule has 0 amide bonds. The fourth-order valence-electron chi connectivity index (χ4n) is 2.31. The summed E-state index contributed by atoms with van der Waals surface area (Å²) in [4.78, 5) is 8.82. The van der Waals surface area contributed by atoms with Crippen molar-refractivity contribution in [3.63, 3.8) is 0 Å². The zero-order valence-electron chi connectivity index (χ0n) is 16.5. The minimum Gasteiger partial charge on any atom is -0.382 e. The van der Waals surface area contributed by atoms with Crippen LogP contribution in [0.1, 0.15) is 11.1 Å². The topological polar surface area (TPSA) is 89.0 Å². The maximum absolute atomic E-state index is 12.2. The molecule has 0 atom stereocenters. The average molecular weight is 410 g/mol. The number of nitrogens with zero attached hydrogens (tertiary/aromatic N) is 2. The number of ether oxygens (including phenoxy) is 3. The average Bonchev–Trinajstić information content (AvgIpc) is 2.74. The zero-order chi connectivity index (χ0) is 20.2. The Bertz CT molecular complexity index is 731. The van der Waals surface area contributed by atoms with Crippen LogP contribution in [0.2, 0.25) is 0 Å². The SMILES string of the molecule is COCCOCCOCc1ccc(-c2ccc(CP(=O)(OC)OC)cn2)nc1. The number of pyridine rings is 2. The van der Waals surface area contributed by atoms with Gasteiger partial charge in [0.15, 0.2) is 0 Å². The van der Waals surface area contributed by atoms with Crippen molar-refractivity contribution in [3.8, 4) is 11.4 Å². The number of hydrogen-bond donors (Lipinski definition) is 0. The smallest absolute Gasteiger partial charge is 0.334 e. The van der Waals surface area contributed by atoms with Gasteiger partial charge in [-0.3, -0.25) is 14.5 Å². The van der Waals surface area contributed by atoms with E-state index >= 15 is 0 Å². The lowest BCUT2D eigenvalue weighted by Gasteiger charge is -2.13. The van der Waals surface area contributed by atoms with Gasteiger partial charge in [-0.05, 0) is 23.3 Å². The minimum atomic E-state index is -3.10. The number of rotatable bonds is 13. The summed E-state index contributed by atoms with van der Waals surface area (Å²) in [6.07, 6.45) is 3.59. The number of methoxy groups -OCH3 is 1. The summed E-state index contributed by atoms with van der Waals surface area (Å²) >= 11 is 0. The van der Waals surface area contributed by atoms with Crippen LogP contribution in [0.4, 0.5) is 0 Å². The maximum atomic E-state index is 12.2. The predicted molar refractivity (Wildman–Crippen MR) is 105 cm³/mol. The van der Waals surface area contributed by atoms with Gasteiger partial charge >= 0.3 is 7.60 Å². The first-order valence-corrected chi connectivity index (χ1v) is 10.6. The molecule has 2 aromatic heterocycles. The third-order valence-corrected chi connectivity index (χ3v) is 5.78. The summed E-state index contributed by atoms with van der Waals surface area (Å²) in [6, 6.07) is 7.52. The molecule has 0 fully saturated rings. The molecule has 0 aromatic carbocycles. The minimum absolute atomic E-state index is 0.173. The molecule has 2 heterocycles. The zero-order valence-corrected chi connectivity index (χ0v) is 17.4. The molecule has 0 aliphatic rings. The van der Waals surface area contributed by atoms with Crippen LogP contribution in [0.25, 0.3) is 11.4 Å². The summed E-state index contributed by atoms with van der Waals surface area (Å²) in [5, 5.41) is 0. The fourth-order valence-corrected chi connectivity index (χ4v) is 3.35. The highest BCUT2D eigenvalue weighted by Crippen LogP contribution is 2.49. The first-order valence-electron chi connectivity index (χ1n) is 8.85. The molecular formula is C19H27N2O6P. The summed E-state index contributed by atoms with van der Waals surface area (Å²) in [7, 11) is 1.28. The van der Waals surface area contributed by atoms with Gasteiger partial charge < -0.3 is 23.3 Å². The van der Waals surface area contributed by atoms with Crippen LogP contribution in [0.3, 0.4) is 0 Å². The van der Waals surface area contributed by atoms with Crippen molar-refractivity contribution in [2.45, 2.75) is 12.8 Å². The van der Waals surface area contributed by atoms with E-state index in [1.165, 1.54) is 14.2 Å². The molecule has 0 spiro atoms.